The van der Waals surface area contributed by atoms with Gasteiger partial charge < -0.3 is 4.90 Å². The van der Waals surface area contributed by atoms with Crippen LogP contribution in [0.4, 0.5) is 0 Å². The van der Waals surface area contributed by atoms with Crippen LogP contribution in [0.25, 0.3) is 0 Å². The Morgan fingerprint density at radius 1 is 1.15 bits per heavy atom. The van der Waals surface area contributed by atoms with Crippen molar-refractivity contribution in [1.82, 2.24) is 4.90 Å². The molecule has 0 atom stereocenters. The van der Waals surface area contributed by atoms with Gasteiger partial charge in [0, 0.05) is 6.04 Å². The van der Waals surface area contributed by atoms with Crippen LogP contribution in [-0.2, 0) is 0 Å². The highest BCUT2D eigenvalue weighted by molar-refractivity contribution is 7.80. The molecule has 1 saturated carbocycles. The van der Waals surface area contributed by atoms with E-state index in [1.807, 2.05) is 0 Å². The first-order valence-corrected chi connectivity index (χ1v) is 6.29. The highest BCUT2D eigenvalue weighted by Gasteiger charge is 2.18. The second-order valence-corrected chi connectivity index (χ2v) is 4.65. The molecule has 0 aliphatic heterocycles. The monoisotopic (exact) mass is 201 g/mol. The molecule has 1 aliphatic carbocycles. The van der Waals surface area contributed by atoms with E-state index in [0.29, 0.717) is 0 Å². The number of unbranched alkanes of at least 4 members (excludes halogenated alkanes) is 2. The predicted molar refractivity (Wildman–Crippen MR) is 62.6 cm³/mol. The fraction of sp³-hybridized carbons (Fsp3) is 1.00. The lowest BCUT2D eigenvalue weighted by atomic mass is 10.2. The van der Waals surface area contributed by atoms with E-state index in [9.17, 15) is 0 Å². The molecule has 13 heavy (non-hydrogen) atoms. The summed E-state index contributed by atoms with van der Waals surface area (Å²) >= 11 is 4.22. The third-order valence-corrected chi connectivity index (χ3v) is 3.43. The number of rotatable bonds is 6. The van der Waals surface area contributed by atoms with Crippen LogP contribution in [0.5, 0.6) is 0 Å². The quantitative estimate of drug-likeness (QED) is 0.511. The van der Waals surface area contributed by atoms with Gasteiger partial charge in [-0.2, -0.15) is 12.6 Å². The van der Waals surface area contributed by atoms with Crippen LogP contribution in [0.2, 0.25) is 0 Å². The Labute approximate surface area is 88.3 Å². The summed E-state index contributed by atoms with van der Waals surface area (Å²) in [4.78, 5) is 2.56. The lowest BCUT2D eigenvalue weighted by Crippen LogP contribution is -2.29. The maximum atomic E-state index is 4.22. The van der Waals surface area contributed by atoms with Gasteiger partial charge in [0.15, 0.2) is 0 Å². The third kappa shape index (κ3) is 4.37. The van der Waals surface area contributed by atoms with E-state index in [-0.39, 0.29) is 0 Å². The molecule has 0 aromatic rings. The van der Waals surface area contributed by atoms with Crippen LogP contribution in [0.3, 0.4) is 0 Å². The van der Waals surface area contributed by atoms with Crippen molar-refractivity contribution in [1.29, 1.82) is 0 Å². The summed E-state index contributed by atoms with van der Waals surface area (Å²) < 4.78 is 0. The first-order valence-electron chi connectivity index (χ1n) is 5.65. The summed E-state index contributed by atoms with van der Waals surface area (Å²) in [7, 11) is 2.29. The largest absolute Gasteiger partial charge is 0.303 e. The van der Waals surface area contributed by atoms with Gasteiger partial charge in [-0.1, -0.05) is 19.3 Å². The zero-order chi connectivity index (χ0) is 9.52. The number of nitrogens with zero attached hydrogens (tertiary/aromatic N) is 1. The molecule has 0 bridgehead atoms. The predicted octanol–water partition coefficient (Wildman–Crippen LogP) is 2.96. The van der Waals surface area contributed by atoms with Crippen molar-refractivity contribution in [2.24, 2.45) is 0 Å². The van der Waals surface area contributed by atoms with Crippen LogP contribution < -0.4 is 0 Å². The van der Waals surface area contributed by atoms with Crippen LogP contribution in [-0.4, -0.2) is 30.3 Å². The highest BCUT2D eigenvalue weighted by atomic mass is 32.1. The molecule has 0 aromatic heterocycles. The topological polar surface area (TPSA) is 3.24 Å². The highest BCUT2D eigenvalue weighted by Crippen LogP contribution is 2.22. The average Bonchev–Trinajstić information content (AvgIpc) is 2.65. The van der Waals surface area contributed by atoms with Crippen molar-refractivity contribution in [2.45, 2.75) is 51.0 Å². The fourth-order valence-electron chi connectivity index (χ4n) is 2.18. The van der Waals surface area contributed by atoms with Gasteiger partial charge in [0.1, 0.15) is 0 Å². The minimum absolute atomic E-state index is 0.899. The molecule has 1 fully saturated rings. The summed E-state index contributed by atoms with van der Waals surface area (Å²) in [5, 5.41) is 0. The van der Waals surface area contributed by atoms with Gasteiger partial charge in [0.05, 0.1) is 0 Å². The Morgan fingerprint density at radius 2 is 1.85 bits per heavy atom. The van der Waals surface area contributed by atoms with E-state index in [0.717, 1.165) is 11.8 Å². The SMILES string of the molecule is CN(CCCCCS)C1CCCC1. The number of hydrogen-bond acceptors (Lipinski definition) is 2. The lowest BCUT2D eigenvalue weighted by molar-refractivity contribution is 0.241. The van der Waals surface area contributed by atoms with Crippen molar-refractivity contribution in [2.75, 3.05) is 19.3 Å². The summed E-state index contributed by atoms with van der Waals surface area (Å²) in [6, 6.07) is 0.899. The van der Waals surface area contributed by atoms with Gasteiger partial charge in [-0.25, -0.2) is 0 Å². The Morgan fingerprint density at radius 3 is 2.46 bits per heavy atom. The molecule has 0 N–H and O–H groups in total. The molecular formula is C11H23NS. The first-order chi connectivity index (χ1) is 6.34. The van der Waals surface area contributed by atoms with Crippen molar-refractivity contribution in [3.63, 3.8) is 0 Å². The molecular weight excluding hydrogens is 178 g/mol. The maximum absolute atomic E-state index is 4.22. The summed E-state index contributed by atoms with van der Waals surface area (Å²) in [5.74, 6) is 1.05. The molecule has 0 radical (unpaired) electrons. The summed E-state index contributed by atoms with van der Waals surface area (Å²) in [5.41, 5.74) is 0. The molecule has 0 spiro atoms. The molecule has 0 heterocycles. The Kier molecular flexibility index (Phi) is 5.88. The van der Waals surface area contributed by atoms with Gasteiger partial charge in [-0.15, -0.1) is 0 Å². The second kappa shape index (κ2) is 6.72. The number of thiol groups is 1. The second-order valence-electron chi connectivity index (χ2n) is 4.20. The van der Waals surface area contributed by atoms with Crippen LogP contribution in [0.15, 0.2) is 0 Å². The van der Waals surface area contributed by atoms with Gasteiger partial charge >= 0.3 is 0 Å². The molecule has 78 valence electrons. The minimum Gasteiger partial charge on any atom is -0.303 e. The normalized spacial score (nSPS) is 18.7. The minimum atomic E-state index is 0.899. The lowest BCUT2D eigenvalue weighted by Gasteiger charge is -2.23. The summed E-state index contributed by atoms with van der Waals surface area (Å²) in [6.45, 7) is 1.29. The summed E-state index contributed by atoms with van der Waals surface area (Å²) in [6.07, 6.45) is 9.75. The van der Waals surface area contributed by atoms with Gasteiger partial charge in [0.2, 0.25) is 0 Å². The van der Waals surface area contributed by atoms with Gasteiger partial charge in [0.25, 0.3) is 0 Å². The van der Waals surface area contributed by atoms with Crippen molar-refractivity contribution in [3.8, 4) is 0 Å². The Balaban J connectivity index is 1.99. The standard InChI is InChI=1S/C11H23NS/c1-12(9-5-2-6-10-13)11-7-3-4-8-11/h11,13H,2-10H2,1H3. The zero-order valence-corrected chi connectivity index (χ0v) is 9.73. The molecule has 1 rings (SSSR count). The average molecular weight is 201 g/mol. The fourth-order valence-corrected chi connectivity index (χ4v) is 2.40. The van der Waals surface area contributed by atoms with E-state index in [1.165, 1.54) is 51.5 Å². The molecule has 0 amide bonds. The van der Waals surface area contributed by atoms with Gasteiger partial charge in [-0.05, 0) is 45.0 Å². The zero-order valence-electron chi connectivity index (χ0n) is 8.84. The van der Waals surface area contributed by atoms with Crippen molar-refractivity contribution < 1.29 is 0 Å². The third-order valence-electron chi connectivity index (χ3n) is 3.12. The van der Waals surface area contributed by atoms with E-state index in [2.05, 4.69) is 24.6 Å². The van der Waals surface area contributed by atoms with E-state index >= 15 is 0 Å². The van der Waals surface area contributed by atoms with E-state index in [1.54, 1.807) is 0 Å². The van der Waals surface area contributed by atoms with Gasteiger partial charge in [-0.3, -0.25) is 0 Å². The number of hydrogen-bond donors (Lipinski definition) is 1. The van der Waals surface area contributed by atoms with E-state index < -0.39 is 0 Å². The van der Waals surface area contributed by atoms with Crippen LogP contribution in [0.1, 0.15) is 44.9 Å². The van der Waals surface area contributed by atoms with Crippen molar-refractivity contribution in [3.05, 3.63) is 0 Å². The smallest absolute Gasteiger partial charge is 0.00922 e. The Bertz CT molecular complexity index is 121. The molecule has 1 aliphatic rings. The van der Waals surface area contributed by atoms with Crippen LogP contribution >= 0.6 is 12.6 Å². The molecule has 0 aromatic carbocycles. The maximum Gasteiger partial charge on any atom is 0.00922 e. The molecule has 0 saturated heterocycles. The molecule has 0 unspecified atom stereocenters. The van der Waals surface area contributed by atoms with E-state index in [4.69, 9.17) is 0 Å². The molecule has 2 heteroatoms. The van der Waals surface area contributed by atoms with Crippen molar-refractivity contribution >= 4 is 12.6 Å². The Hall–Kier alpha value is 0.310. The first kappa shape index (κ1) is 11.4. The van der Waals surface area contributed by atoms with Crippen LogP contribution in [0, 0.1) is 0 Å². The molecule has 1 nitrogen and oxygen atoms in total.